The van der Waals surface area contributed by atoms with Crippen LogP contribution in [0.15, 0.2) is 43.1 Å². The van der Waals surface area contributed by atoms with Crippen molar-refractivity contribution in [1.82, 2.24) is 10.3 Å². The van der Waals surface area contributed by atoms with E-state index in [1.165, 1.54) is 6.20 Å². The smallest absolute Gasteiger partial charge is 0.273 e. The van der Waals surface area contributed by atoms with Gasteiger partial charge < -0.3 is 5.32 Å². The number of fused-ring (bicyclic) bond motifs is 1. The fourth-order valence-corrected chi connectivity index (χ4v) is 1.57. The highest BCUT2D eigenvalue weighted by Crippen LogP contribution is 2.17. The van der Waals surface area contributed by atoms with Gasteiger partial charge in [-0.05, 0) is 30.5 Å². The van der Waals surface area contributed by atoms with E-state index in [-0.39, 0.29) is 5.91 Å². The Kier molecular flexibility index (Phi) is 2.88. The Morgan fingerprint density at radius 2 is 2.19 bits per heavy atom. The molecule has 1 aromatic heterocycles. The van der Waals surface area contributed by atoms with Crippen LogP contribution in [0.2, 0.25) is 5.02 Å². The van der Waals surface area contributed by atoms with Crippen molar-refractivity contribution in [2.75, 3.05) is 0 Å². The van der Waals surface area contributed by atoms with Crippen molar-refractivity contribution in [3.8, 4) is 0 Å². The van der Waals surface area contributed by atoms with Crippen molar-refractivity contribution >= 4 is 28.4 Å². The zero-order valence-electron chi connectivity index (χ0n) is 8.40. The first-order valence-electron chi connectivity index (χ1n) is 4.69. The summed E-state index contributed by atoms with van der Waals surface area (Å²) in [4.78, 5) is 15.7. The van der Waals surface area contributed by atoms with Gasteiger partial charge in [-0.1, -0.05) is 24.2 Å². The largest absolute Gasteiger partial charge is 0.328 e. The summed E-state index contributed by atoms with van der Waals surface area (Å²) in [6.45, 7) is 3.42. The van der Waals surface area contributed by atoms with Gasteiger partial charge in [0.25, 0.3) is 5.91 Å². The summed E-state index contributed by atoms with van der Waals surface area (Å²) in [5, 5.41) is 4.03. The van der Waals surface area contributed by atoms with E-state index < -0.39 is 0 Å². The maximum absolute atomic E-state index is 11.5. The van der Waals surface area contributed by atoms with Gasteiger partial charge >= 0.3 is 0 Å². The molecule has 80 valence electrons. The van der Waals surface area contributed by atoms with Gasteiger partial charge in [0.05, 0.1) is 5.52 Å². The van der Waals surface area contributed by atoms with Gasteiger partial charge in [0, 0.05) is 10.4 Å². The van der Waals surface area contributed by atoms with Gasteiger partial charge in [-0.25, -0.2) is 4.98 Å². The number of hydrogen-bond acceptors (Lipinski definition) is 2. The third-order valence-corrected chi connectivity index (χ3v) is 2.35. The summed E-state index contributed by atoms with van der Waals surface area (Å²) in [6, 6.07) is 8.79. The normalized spacial score (nSPS) is 10.1. The second kappa shape index (κ2) is 4.33. The summed E-state index contributed by atoms with van der Waals surface area (Å²) in [5.41, 5.74) is 1.09. The molecule has 0 aliphatic rings. The molecule has 0 aliphatic heterocycles. The molecular weight excluding hydrogens is 224 g/mol. The van der Waals surface area contributed by atoms with Crippen LogP contribution in [0.4, 0.5) is 0 Å². The molecule has 16 heavy (non-hydrogen) atoms. The van der Waals surface area contributed by atoms with Crippen molar-refractivity contribution in [2.45, 2.75) is 0 Å². The average Bonchev–Trinajstić information content (AvgIpc) is 2.28. The van der Waals surface area contributed by atoms with E-state index in [0.29, 0.717) is 10.7 Å². The topological polar surface area (TPSA) is 42.0 Å². The van der Waals surface area contributed by atoms with Crippen LogP contribution in [-0.2, 0) is 0 Å². The van der Waals surface area contributed by atoms with Crippen molar-refractivity contribution in [3.05, 3.63) is 53.8 Å². The third-order valence-electron chi connectivity index (χ3n) is 2.12. The first kappa shape index (κ1) is 10.6. The van der Waals surface area contributed by atoms with Crippen LogP contribution in [-0.4, -0.2) is 10.9 Å². The van der Waals surface area contributed by atoms with E-state index in [0.717, 1.165) is 10.9 Å². The van der Waals surface area contributed by atoms with Crippen LogP contribution in [0.3, 0.4) is 0 Å². The first-order valence-corrected chi connectivity index (χ1v) is 5.06. The lowest BCUT2D eigenvalue weighted by Crippen LogP contribution is -2.17. The Morgan fingerprint density at radius 1 is 1.38 bits per heavy atom. The van der Waals surface area contributed by atoms with Gasteiger partial charge in [-0.2, -0.15) is 0 Å². The fraction of sp³-hybridized carbons (Fsp3) is 0. The molecule has 4 heteroatoms. The summed E-state index contributed by atoms with van der Waals surface area (Å²) in [7, 11) is 0. The molecular formula is C12H9ClN2O. The maximum Gasteiger partial charge on any atom is 0.273 e. The Hall–Kier alpha value is -1.87. The van der Waals surface area contributed by atoms with E-state index >= 15 is 0 Å². The van der Waals surface area contributed by atoms with Crippen LogP contribution in [0.5, 0.6) is 0 Å². The van der Waals surface area contributed by atoms with Crippen molar-refractivity contribution in [3.63, 3.8) is 0 Å². The number of nitrogens with one attached hydrogen (secondary N) is 1. The quantitative estimate of drug-likeness (QED) is 0.865. The molecule has 1 aromatic carbocycles. The lowest BCUT2D eigenvalue weighted by Gasteiger charge is -2.02. The molecule has 0 unspecified atom stereocenters. The number of halogens is 1. The number of aromatic nitrogens is 1. The standard InChI is InChI=1S/C12H9ClN2O/c1-2-14-12(16)11-5-3-8-7-9(13)4-6-10(8)15-11/h2-7H,1H2,(H,14,16). The second-order valence-electron chi connectivity index (χ2n) is 3.21. The molecule has 0 atom stereocenters. The highest BCUT2D eigenvalue weighted by molar-refractivity contribution is 6.31. The number of hydrogen-bond donors (Lipinski definition) is 1. The zero-order chi connectivity index (χ0) is 11.5. The predicted octanol–water partition coefficient (Wildman–Crippen LogP) is 2.76. The highest BCUT2D eigenvalue weighted by Gasteiger charge is 2.06. The van der Waals surface area contributed by atoms with Gasteiger partial charge in [0.1, 0.15) is 5.69 Å². The van der Waals surface area contributed by atoms with Gasteiger partial charge in [-0.3, -0.25) is 4.79 Å². The first-order chi connectivity index (χ1) is 7.70. The second-order valence-corrected chi connectivity index (χ2v) is 3.65. The van der Waals surface area contributed by atoms with E-state index in [4.69, 9.17) is 11.6 Å². The van der Waals surface area contributed by atoms with Crippen LogP contribution in [0, 0.1) is 0 Å². The lowest BCUT2D eigenvalue weighted by molar-refractivity contribution is 0.0966. The molecule has 0 aliphatic carbocycles. The highest BCUT2D eigenvalue weighted by atomic mass is 35.5. The minimum absolute atomic E-state index is 0.271. The number of carbonyl (C=O) groups excluding carboxylic acids is 1. The molecule has 1 N–H and O–H groups in total. The number of rotatable bonds is 2. The molecule has 0 saturated carbocycles. The van der Waals surface area contributed by atoms with Crippen LogP contribution in [0.25, 0.3) is 10.9 Å². The summed E-state index contributed by atoms with van der Waals surface area (Å²) in [6.07, 6.45) is 1.33. The number of pyridine rings is 1. The molecule has 0 saturated heterocycles. The fourth-order valence-electron chi connectivity index (χ4n) is 1.39. The Bertz CT molecular complexity index is 566. The third kappa shape index (κ3) is 2.04. The maximum atomic E-state index is 11.5. The molecule has 0 fully saturated rings. The monoisotopic (exact) mass is 232 g/mol. The molecule has 2 rings (SSSR count). The van der Waals surface area contributed by atoms with Gasteiger partial charge in [-0.15, -0.1) is 0 Å². The van der Waals surface area contributed by atoms with Crippen molar-refractivity contribution in [1.29, 1.82) is 0 Å². The van der Waals surface area contributed by atoms with E-state index in [1.54, 1.807) is 24.3 Å². The number of nitrogens with zero attached hydrogens (tertiary/aromatic N) is 1. The summed E-state index contributed by atoms with van der Waals surface area (Å²) in [5.74, 6) is -0.271. The Morgan fingerprint density at radius 3 is 2.94 bits per heavy atom. The average molecular weight is 233 g/mol. The minimum atomic E-state index is -0.271. The van der Waals surface area contributed by atoms with E-state index in [9.17, 15) is 4.79 Å². The summed E-state index contributed by atoms with van der Waals surface area (Å²) >= 11 is 5.85. The predicted molar refractivity (Wildman–Crippen MR) is 64.4 cm³/mol. The summed E-state index contributed by atoms with van der Waals surface area (Å²) < 4.78 is 0. The molecule has 1 amide bonds. The van der Waals surface area contributed by atoms with E-state index in [1.807, 2.05) is 6.07 Å². The van der Waals surface area contributed by atoms with Crippen LogP contribution in [0.1, 0.15) is 10.5 Å². The SMILES string of the molecule is C=CNC(=O)c1ccc2cc(Cl)ccc2n1. The Balaban J connectivity index is 2.48. The molecule has 2 aromatic rings. The lowest BCUT2D eigenvalue weighted by atomic mass is 10.2. The molecule has 0 spiro atoms. The number of carbonyl (C=O) groups is 1. The molecule has 1 heterocycles. The van der Waals surface area contributed by atoms with Crippen LogP contribution < -0.4 is 5.32 Å². The molecule has 0 radical (unpaired) electrons. The molecule has 0 bridgehead atoms. The van der Waals surface area contributed by atoms with Crippen molar-refractivity contribution < 1.29 is 4.79 Å². The zero-order valence-corrected chi connectivity index (χ0v) is 9.16. The number of amides is 1. The minimum Gasteiger partial charge on any atom is -0.328 e. The Labute approximate surface area is 97.8 Å². The van der Waals surface area contributed by atoms with Crippen LogP contribution >= 0.6 is 11.6 Å². The number of benzene rings is 1. The van der Waals surface area contributed by atoms with Gasteiger partial charge in [0.15, 0.2) is 0 Å². The van der Waals surface area contributed by atoms with Gasteiger partial charge in [0.2, 0.25) is 0 Å². The molecule has 3 nitrogen and oxygen atoms in total. The van der Waals surface area contributed by atoms with Crippen molar-refractivity contribution in [2.24, 2.45) is 0 Å². The van der Waals surface area contributed by atoms with E-state index in [2.05, 4.69) is 16.9 Å².